The van der Waals surface area contributed by atoms with E-state index in [2.05, 4.69) is 25.9 Å². The van der Waals surface area contributed by atoms with Crippen LogP contribution in [-0.4, -0.2) is 26.8 Å². The molecule has 7 heteroatoms. The van der Waals surface area contributed by atoms with E-state index in [9.17, 15) is 9.59 Å². The quantitative estimate of drug-likeness (QED) is 0.877. The lowest BCUT2D eigenvalue weighted by Gasteiger charge is -1.95. The number of carbonyl (C=O) groups is 2. The average molecular weight is 327 g/mol. The highest BCUT2D eigenvalue weighted by atomic mass is 79.9. The molecule has 0 spiro atoms. The molecule has 0 amide bonds. The van der Waals surface area contributed by atoms with E-state index < -0.39 is 5.97 Å². The van der Waals surface area contributed by atoms with Crippen LogP contribution in [0.5, 0.6) is 0 Å². The summed E-state index contributed by atoms with van der Waals surface area (Å²) in [6.45, 7) is 1.32. The van der Waals surface area contributed by atoms with Gasteiger partial charge in [-0.05, 0) is 22.0 Å². The van der Waals surface area contributed by atoms with Crippen LogP contribution in [0.2, 0.25) is 0 Å². The molecule has 5 nitrogen and oxygen atoms in total. The Morgan fingerprint density at radius 1 is 1.39 bits per heavy atom. The average Bonchev–Trinajstić information content (AvgIpc) is 2.73. The third-order valence-corrected chi connectivity index (χ3v) is 3.74. The number of halogens is 1. The number of hydrogen-bond donors (Lipinski definition) is 1. The summed E-state index contributed by atoms with van der Waals surface area (Å²) in [5.41, 5.74) is 0.465. The minimum Gasteiger partial charge on any atom is -0.476 e. The molecular weight excluding hydrogens is 320 g/mol. The zero-order valence-corrected chi connectivity index (χ0v) is 11.6. The lowest BCUT2D eigenvalue weighted by Crippen LogP contribution is -2.03. The number of nitrogens with zero attached hydrogens (tertiary/aromatic N) is 2. The van der Waals surface area contributed by atoms with E-state index in [-0.39, 0.29) is 16.4 Å². The highest BCUT2D eigenvalue weighted by Crippen LogP contribution is 2.29. The van der Waals surface area contributed by atoms with Crippen LogP contribution in [0, 0.1) is 0 Å². The number of hydrogen-bond acceptors (Lipinski definition) is 5. The Labute approximate surface area is 115 Å². The normalized spacial score (nSPS) is 10.3. The number of carboxylic acid groups (broad SMARTS) is 1. The maximum absolute atomic E-state index is 11.4. The molecule has 0 aliphatic rings. The standard InChI is InChI=1S/C11H7BrN2O3S/c1-5(15)9-8(11(16)17)14-10(18-9)6-2-7(12)4-13-3-6/h2-4H,1H3,(H,16,17). The number of thiazole rings is 1. The molecule has 0 fully saturated rings. The van der Waals surface area contributed by atoms with Crippen molar-refractivity contribution in [3.05, 3.63) is 33.5 Å². The Morgan fingerprint density at radius 3 is 2.61 bits per heavy atom. The lowest BCUT2D eigenvalue weighted by atomic mass is 10.3. The van der Waals surface area contributed by atoms with Crippen LogP contribution in [0.3, 0.4) is 0 Å². The Bertz CT molecular complexity index is 607. The molecule has 0 saturated heterocycles. The molecule has 0 radical (unpaired) electrons. The largest absolute Gasteiger partial charge is 0.476 e. The number of Topliss-reactive ketones (excluding diaryl/α,β-unsaturated/α-hetero) is 1. The van der Waals surface area contributed by atoms with Gasteiger partial charge in [-0.1, -0.05) is 0 Å². The molecule has 2 rings (SSSR count). The molecule has 18 heavy (non-hydrogen) atoms. The molecule has 2 heterocycles. The minimum absolute atomic E-state index is 0.150. The van der Waals surface area contributed by atoms with Crippen molar-refractivity contribution < 1.29 is 14.7 Å². The number of aromatic nitrogens is 2. The molecule has 0 bridgehead atoms. The molecule has 2 aromatic heterocycles. The van der Waals surface area contributed by atoms with E-state index in [4.69, 9.17) is 5.11 Å². The Hall–Kier alpha value is -1.60. The Balaban J connectivity index is 2.57. The van der Waals surface area contributed by atoms with Crippen molar-refractivity contribution in [1.82, 2.24) is 9.97 Å². The number of pyridine rings is 1. The van der Waals surface area contributed by atoms with Crippen LogP contribution < -0.4 is 0 Å². The van der Waals surface area contributed by atoms with E-state index in [0.717, 1.165) is 15.8 Å². The zero-order valence-electron chi connectivity index (χ0n) is 9.18. The maximum atomic E-state index is 11.4. The van der Waals surface area contributed by atoms with Gasteiger partial charge in [-0.15, -0.1) is 11.3 Å². The highest BCUT2D eigenvalue weighted by molar-refractivity contribution is 9.10. The van der Waals surface area contributed by atoms with Gasteiger partial charge < -0.3 is 5.11 Å². The summed E-state index contributed by atoms with van der Waals surface area (Å²) >= 11 is 4.33. The van der Waals surface area contributed by atoms with Crippen molar-refractivity contribution >= 4 is 39.0 Å². The van der Waals surface area contributed by atoms with Gasteiger partial charge in [-0.25, -0.2) is 9.78 Å². The second-order valence-electron chi connectivity index (χ2n) is 3.45. The fourth-order valence-electron chi connectivity index (χ4n) is 1.36. The van der Waals surface area contributed by atoms with Gasteiger partial charge in [-0.3, -0.25) is 9.78 Å². The van der Waals surface area contributed by atoms with Gasteiger partial charge in [0, 0.05) is 29.4 Å². The van der Waals surface area contributed by atoms with E-state index in [1.54, 1.807) is 18.5 Å². The van der Waals surface area contributed by atoms with Gasteiger partial charge in [0.1, 0.15) is 9.88 Å². The summed E-state index contributed by atoms with van der Waals surface area (Å²) in [5, 5.41) is 9.46. The molecule has 0 atom stereocenters. The maximum Gasteiger partial charge on any atom is 0.356 e. The van der Waals surface area contributed by atoms with Crippen LogP contribution in [0.1, 0.15) is 27.1 Å². The fourth-order valence-corrected chi connectivity index (χ4v) is 2.65. The second-order valence-corrected chi connectivity index (χ2v) is 5.36. The summed E-state index contributed by atoms with van der Waals surface area (Å²) in [6.07, 6.45) is 3.18. The van der Waals surface area contributed by atoms with Crippen LogP contribution in [0.25, 0.3) is 10.6 Å². The summed E-state index contributed by atoms with van der Waals surface area (Å²) in [4.78, 5) is 30.5. The first-order chi connectivity index (χ1) is 8.49. The molecule has 1 N–H and O–H groups in total. The van der Waals surface area contributed by atoms with E-state index >= 15 is 0 Å². The Kier molecular flexibility index (Phi) is 3.53. The number of rotatable bonds is 3. The summed E-state index contributed by atoms with van der Waals surface area (Å²) in [5.74, 6) is -1.51. The molecule has 2 aromatic rings. The van der Waals surface area contributed by atoms with Crippen molar-refractivity contribution in [1.29, 1.82) is 0 Å². The summed E-state index contributed by atoms with van der Waals surface area (Å²) < 4.78 is 0.761. The second kappa shape index (κ2) is 4.95. The molecule has 92 valence electrons. The summed E-state index contributed by atoms with van der Waals surface area (Å²) in [6, 6.07) is 1.77. The fraction of sp³-hybridized carbons (Fsp3) is 0.0909. The van der Waals surface area contributed by atoms with Gasteiger partial charge in [0.15, 0.2) is 11.5 Å². The highest BCUT2D eigenvalue weighted by Gasteiger charge is 2.21. The van der Waals surface area contributed by atoms with Crippen molar-refractivity contribution in [3.8, 4) is 10.6 Å². The third kappa shape index (κ3) is 2.46. The summed E-state index contributed by atoms with van der Waals surface area (Å²) in [7, 11) is 0. The first-order valence-corrected chi connectivity index (χ1v) is 6.46. The molecule has 0 aliphatic heterocycles. The van der Waals surface area contributed by atoms with Gasteiger partial charge in [-0.2, -0.15) is 0 Å². The van der Waals surface area contributed by atoms with Gasteiger partial charge in [0.05, 0.1) is 0 Å². The van der Waals surface area contributed by atoms with Crippen LogP contribution in [-0.2, 0) is 0 Å². The molecule has 0 saturated carbocycles. The van der Waals surface area contributed by atoms with E-state index in [1.165, 1.54) is 6.92 Å². The Morgan fingerprint density at radius 2 is 2.11 bits per heavy atom. The third-order valence-electron chi connectivity index (χ3n) is 2.10. The van der Waals surface area contributed by atoms with Crippen molar-refractivity contribution in [2.75, 3.05) is 0 Å². The smallest absolute Gasteiger partial charge is 0.356 e. The zero-order chi connectivity index (χ0) is 13.3. The van der Waals surface area contributed by atoms with Crippen LogP contribution in [0.4, 0.5) is 0 Å². The number of aromatic carboxylic acids is 1. The first-order valence-electron chi connectivity index (χ1n) is 4.85. The van der Waals surface area contributed by atoms with E-state index in [1.807, 2.05) is 0 Å². The molecule has 0 aromatic carbocycles. The number of ketones is 1. The van der Waals surface area contributed by atoms with E-state index in [0.29, 0.717) is 10.6 Å². The molecule has 0 aliphatic carbocycles. The van der Waals surface area contributed by atoms with Crippen LogP contribution >= 0.6 is 27.3 Å². The number of carboxylic acids is 1. The SMILES string of the molecule is CC(=O)c1sc(-c2cncc(Br)c2)nc1C(=O)O. The predicted octanol–water partition coefficient (Wildman–Crippen LogP) is 2.87. The van der Waals surface area contributed by atoms with Gasteiger partial charge in [0.25, 0.3) is 0 Å². The lowest BCUT2D eigenvalue weighted by molar-refractivity contribution is 0.0687. The predicted molar refractivity (Wildman–Crippen MR) is 70.0 cm³/mol. The topological polar surface area (TPSA) is 80.2 Å². The van der Waals surface area contributed by atoms with Gasteiger partial charge >= 0.3 is 5.97 Å². The van der Waals surface area contributed by atoms with Crippen molar-refractivity contribution in [2.45, 2.75) is 6.92 Å². The molecule has 0 unspecified atom stereocenters. The monoisotopic (exact) mass is 326 g/mol. The first kappa shape index (κ1) is 12.8. The number of carbonyl (C=O) groups excluding carboxylic acids is 1. The molecular formula is C11H7BrN2O3S. The van der Waals surface area contributed by atoms with Crippen molar-refractivity contribution in [3.63, 3.8) is 0 Å². The van der Waals surface area contributed by atoms with Crippen LogP contribution in [0.15, 0.2) is 22.9 Å². The minimum atomic E-state index is -1.20. The van der Waals surface area contributed by atoms with Crippen molar-refractivity contribution in [2.24, 2.45) is 0 Å². The van der Waals surface area contributed by atoms with Gasteiger partial charge in [0.2, 0.25) is 0 Å².